The monoisotopic (exact) mass is 318 g/mol. The first kappa shape index (κ1) is 16.7. The van der Waals surface area contributed by atoms with Crippen molar-refractivity contribution < 1.29 is 5.11 Å². The van der Waals surface area contributed by atoms with Crippen LogP contribution in [0.2, 0.25) is 0 Å². The maximum absolute atomic E-state index is 10.4. The summed E-state index contributed by atoms with van der Waals surface area (Å²) in [6.45, 7) is 8.44. The molecule has 0 atom stereocenters. The second-order valence-corrected chi connectivity index (χ2v) is 6.10. The van der Waals surface area contributed by atoms with Crippen LogP contribution in [-0.4, -0.2) is 36.2 Å². The molecule has 118 valence electrons. The summed E-state index contributed by atoms with van der Waals surface area (Å²) in [4.78, 5) is 4.03. The van der Waals surface area contributed by atoms with E-state index in [1.807, 2.05) is 36.6 Å². The standard InChI is InChI=1S/C16H22N4OS/c1-4-11-20-14(13-7-9-17-10-8-13)18-19-15(20)22-12-16(21,5-2)6-3/h4,7-10,21H,1,5-6,11-12H2,2-3H3. The number of thioether (sulfide) groups is 1. The van der Waals surface area contributed by atoms with Gasteiger partial charge in [-0.25, -0.2) is 0 Å². The second kappa shape index (κ2) is 7.56. The molecule has 0 amide bonds. The van der Waals surface area contributed by atoms with Crippen LogP contribution in [0.3, 0.4) is 0 Å². The lowest BCUT2D eigenvalue weighted by atomic mass is 10.0. The molecule has 22 heavy (non-hydrogen) atoms. The van der Waals surface area contributed by atoms with Crippen molar-refractivity contribution in [1.82, 2.24) is 19.7 Å². The van der Waals surface area contributed by atoms with Gasteiger partial charge in [-0.2, -0.15) is 0 Å². The molecule has 0 aliphatic carbocycles. The van der Waals surface area contributed by atoms with E-state index in [1.165, 1.54) is 11.8 Å². The molecule has 0 aliphatic heterocycles. The predicted octanol–water partition coefficient (Wildman–Crippen LogP) is 3.17. The molecule has 2 aromatic rings. The van der Waals surface area contributed by atoms with Gasteiger partial charge in [0.05, 0.1) is 5.60 Å². The van der Waals surface area contributed by atoms with E-state index in [-0.39, 0.29) is 0 Å². The maximum Gasteiger partial charge on any atom is 0.191 e. The lowest BCUT2D eigenvalue weighted by molar-refractivity contribution is 0.0571. The van der Waals surface area contributed by atoms with E-state index < -0.39 is 5.60 Å². The molecular formula is C16H22N4OS. The van der Waals surface area contributed by atoms with Gasteiger partial charge in [0, 0.05) is 30.3 Å². The minimum absolute atomic E-state index is 0.603. The summed E-state index contributed by atoms with van der Waals surface area (Å²) in [6, 6.07) is 3.82. The van der Waals surface area contributed by atoms with Crippen molar-refractivity contribution in [3.63, 3.8) is 0 Å². The van der Waals surface area contributed by atoms with Gasteiger partial charge in [0.15, 0.2) is 11.0 Å². The Morgan fingerprint density at radius 3 is 2.55 bits per heavy atom. The summed E-state index contributed by atoms with van der Waals surface area (Å²) >= 11 is 1.53. The van der Waals surface area contributed by atoms with Crippen molar-refractivity contribution in [1.29, 1.82) is 0 Å². The Hall–Kier alpha value is -1.66. The third kappa shape index (κ3) is 3.75. The number of nitrogens with zero attached hydrogens (tertiary/aromatic N) is 4. The van der Waals surface area contributed by atoms with Crippen LogP contribution < -0.4 is 0 Å². The summed E-state index contributed by atoms with van der Waals surface area (Å²) in [5, 5.41) is 19.8. The summed E-state index contributed by atoms with van der Waals surface area (Å²) in [5.41, 5.74) is 0.310. The molecule has 2 rings (SSSR count). The largest absolute Gasteiger partial charge is 0.389 e. The first-order valence-corrected chi connectivity index (χ1v) is 8.41. The maximum atomic E-state index is 10.4. The van der Waals surface area contributed by atoms with Crippen LogP contribution in [-0.2, 0) is 6.54 Å². The summed E-state index contributed by atoms with van der Waals surface area (Å²) in [5.74, 6) is 1.40. The Balaban J connectivity index is 2.26. The fraction of sp³-hybridized carbons (Fsp3) is 0.438. The first-order chi connectivity index (χ1) is 10.6. The molecule has 5 nitrogen and oxygen atoms in total. The van der Waals surface area contributed by atoms with Gasteiger partial charge in [-0.05, 0) is 25.0 Å². The quantitative estimate of drug-likeness (QED) is 0.598. The number of pyridine rings is 1. The zero-order chi connectivity index (χ0) is 16.0. The van der Waals surface area contributed by atoms with Crippen LogP contribution in [0.1, 0.15) is 26.7 Å². The van der Waals surface area contributed by atoms with E-state index in [9.17, 15) is 5.11 Å². The van der Waals surface area contributed by atoms with Crippen LogP contribution in [0.25, 0.3) is 11.4 Å². The van der Waals surface area contributed by atoms with Crippen LogP contribution in [0.4, 0.5) is 0 Å². The average Bonchev–Trinajstić information content (AvgIpc) is 2.97. The fourth-order valence-electron chi connectivity index (χ4n) is 2.06. The van der Waals surface area contributed by atoms with E-state index >= 15 is 0 Å². The molecular weight excluding hydrogens is 296 g/mol. The summed E-state index contributed by atoms with van der Waals surface area (Å²) in [7, 11) is 0. The van der Waals surface area contributed by atoms with Crippen molar-refractivity contribution in [2.45, 2.75) is 44.0 Å². The third-order valence-electron chi connectivity index (χ3n) is 3.75. The van der Waals surface area contributed by atoms with Crippen molar-refractivity contribution in [3.8, 4) is 11.4 Å². The molecule has 0 saturated carbocycles. The zero-order valence-electron chi connectivity index (χ0n) is 13.1. The molecule has 0 aliphatic rings. The van der Waals surface area contributed by atoms with Crippen molar-refractivity contribution in [2.24, 2.45) is 0 Å². The zero-order valence-corrected chi connectivity index (χ0v) is 13.9. The van der Waals surface area contributed by atoms with Gasteiger partial charge in [-0.3, -0.25) is 9.55 Å². The minimum atomic E-state index is -0.660. The van der Waals surface area contributed by atoms with Gasteiger partial charge >= 0.3 is 0 Å². The Labute approximate surface area is 135 Å². The second-order valence-electron chi connectivity index (χ2n) is 5.16. The van der Waals surface area contributed by atoms with Crippen LogP contribution >= 0.6 is 11.8 Å². The van der Waals surface area contributed by atoms with Crippen LogP contribution in [0, 0.1) is 0 Å². The van der Waals surface area contributed by atoms with E-state index in [0.29, 0.717) is 12.3 Å². The van der Waals surface area contributed by atoms with Gasteiger partial charge < -0.3 is 5.11 Å². The van der Waals surface area contributed by atoms with Gasteiger partial charge in [0.2, 0.25) is 0 Å². The lowest BCUT2D eigenvalue weighted by Crippen LogP contribution is -2.29. The molecule has 0 radical (unpaired) electrons. The van der Waals surface area contributed by atoms with Gasteiger partial charge in [0.25, 0.3) is 0 Å². The Bertz CT molecular complexity index is 608. The molecule has 0 spiro atoms. The molecule has 0 aromatic carbocycles. The fourth-order valence-corrected chi connectivity index (χ4v) is 3.28. The highest BCUT2D eigenvalue weighted by molar-refractivity contribution is 7.99. The predicted molar refractivity (Wildman–Crippen MR) is 89.7 cm³/mol. The van der Waals surface area contributed by atoms with Crippen LogP contribution in [0.5, 0.6) is 0 Å². The van der Waals surface area contributed by atoms with Gasteiger partial charge in [0.1, 0.15) is 0 Å². The highest BCUT2D eigenvalue weighted by Crippen LogP contribution is 2.28. The van der Waals surface area contributed by atoms with E-state index in [0.717, 1.165) is 29.4 Å². The van der Waals surface area contributed by atoms with Gasteiger partial charge in [-0.1, -0.05) is 31.7 Å². The number of hydrogen-bond donors (Lipinski definition) is 1. The van der Waals surface area contributed by atoms with Gasteiger partial charge in [-0.15, -0.1) is 16.8 Å². The minimum Gasteiger partial charge on any atom is -0.389 e. The van der Waals surface area contributed by atoms with E-state index in [2.05, 4.69) is 21.8 Å². The average molecular weight is 318 g/mol. The number of rotatable bonds is 8. The SMILES string of the molecule is C=CCn1c(SCC(O)(CC)CC)nnc1-c1ccncc1. The molecule has 1 N–H and O–H groups in total. The molecule has 0 fully saturated rings. The van der Waals surface area contributed by atoms with Crippen molar-refractivity contribution in [3.05, 3.63) is 37.2 Å². The van der Waals surface area contributed by atoms with E-state index in [1.54, 1.807) is 12.4 Å². The molecule has 2 aromatic heterocycles. The highest BCUT2D eigenvalue weighted by Gasteiger charge is 2.24. The molecule has 0 unspecified atom stereocenters. The Morgan fingerprint density at radius 1 is 1.27 bits per heavy atom. The Morgan fingerprint density at radius 2 is 1.95 bits per heavy atom. The normalized spacial score (nSPS) is 11.6. The smallest absolute Gasteiger partial charge is 0.191 e. The molecule has 0 saturated heterocycles. The number of aromatic nitrogens is 4. The van der Waals surface area contributed by atoms with E-state index in [4.69, 9.17) is 0 Å². The van der Waals surface area contributed by atoms with Crippen molar-refractivity contribution >= 4 is 11.8 Å². The number of aliphatic hydroxyl groups is 1. The molecule has 0 bridgehead atoms. The summed E-state index contributed by atoms with van der Waals surface area (Å²) in [6.07, 6.45) is 6.75. The van der Waals surface area contributed by atoms with Crippen LogP contribution in [0.15, 0.2) is 42.3 Å². The topological polar surface area (TPSA) is 63.8 Å². The molecule has 6 heteroatoms. The Kier molecular flexibility index (Phi) is 5.74. The molecule has 2 heterocycles. The lowest BCUT2D eigenvalue weighted by Gasteiger charge is -2.24. The number of allylic oxidation sites excluding steroid dienone is 1. The first-order valence-electron chi connectivity index (χ1n) is 7.43. The highest BCUT2D eigenvalue weighted by atomic mass is 32.2. The summed E-state index contributed by atoms with van der Waals surface area (Å²) < 4.78 is 2.01. The van der Waals surface area contributed by atoms with Crippen molar-refractivity contribution in [2.75, 3.05) is 5.75 Å². The third-order valence-corrected chi connectivity index (χ3v) is 5.00. The number of hydrogen-bond acceptors (Lipinski definition) is 5.